The Morgan fingerprint density at radius 2 is 1.96 bits per heavy atom. The van der Waals surface area contributed by atoms with Gasteiger partial charge < -0.3 is 24.8 Å². The van der Waals surface area contributed by atoms with Crippen LogP contribution in [0.25, 0.3) is 0 Å². The van der Waals surface area contributed by atoms with Crippen molar-refractivity contribution in [3.63, 3.8) is 0 Å². The monoisotopic (exact) mass is 430 g/mol. The third kappa shape index (κ3) is 9.18. The maximum atomic E-state index is 11.9. The average molecular weight is 430 g/mol. The predicted molar refractivity (Wildman–Crippen MR) is 107 cm³/mol. The number of carboxylic acids is 1. The van der Waals surface area contributed by atoms with Crippen molar-refractivity contribution in [3.8, 4) is 11.5 Å². The number of nitrogens with one attached hydrogen (secondary N) is 1. The first-order valence-corrected chi connectivity index (χ1v) is 11.2. The minimum Gasteiger partial charge on any atom is -0.478 e. The molecule has 1 aromatic carbocycles. The van der Waals surface area contributed by atoms with Gasteiger partial charge in [0.25, 0.3) is 0 Å². The lowest BCUT2D eigenvalue weighted by atomic mass is 10.3. The van der Waals surface area contributed by atoms with Crippen LogP contribution in [0.4, 0.5) is 0 Å². The summed E-state index contributed by atoms with van der Waals surface area (Å²) in [4.78, 5) is 34.1. The molecule has 1 aromatic rings. The number of carboxylic acid groups (broad SMARTS) is 1. The van der Waals surface area contributed by atoms with Gasteiger partial charge in [0.2, 0.25) is 7.50 Å². The predicted octanol–water partition coefficient (Wildman–Crippen LogP) is 2.07. The van der Waals surface area contributed by atoms with E-state index in [0.717, 1.165) is 6.08 Å². The number of esters is 2. The molecule has 0 aliphatic rings. The van der Waals surface area contributed by atoms with Gasteiger partial charge >= 0.3 is 17.9 Å². The third-order valence-corrected chi connectivity index (χ3v) is 6.27. The fourth-order valence-corrected chi connectivity index (χ4v) is 4.80. The third-order valence-electron chi connectivity index (χ3n) is 2.87. The zero-order valence-corrected chi connectivity index (χ0v) is 17.2. The maximum absolute atomic E-state index is 11.9. The zero-order chi connectivity index (χ0) is 20.9. The number of carbonyl (C=O) groups is 3. The molecule has 0 amide bonds. The Hall–Kier alpha value is -2.13. The molecule has 28 heavy (non-hydrogen) atoms. The fourth-order valence-electron chi connectivity index (χ4n) is 1.68. The van der Waals surface area contributed by atoms with E-state index in [0.29, 0.717) is 18.4 Å². The highest BCUT2D eigenvalue weighted by atomic mass is 32.7. The molecule has 11 heteroatoms. The minimum atomic E-state index is -1.40. The number of ether oxygens (including phenoxy) is 2. The van der Waals surface area contributed by atoms with Crippen LogP contribution in [0.15, 0.2) is 36.4 Å². The molecule has 9 nitrogen and oxygen atoms in total. The van der Waals surface area contributed by atoms with E-state index in [2.05, 4.69) is 5.09 Å². The van der Waals surface area contributed by atoms with Gasteiger partial charge in [-0.1, -0.05) is 23.5 Å². The number of nitrogens with two attached hydrogens (primary N) is 1. The van der Waals surface area contributed by atoms with Crippen LogP contribution in [0.3, 0.4) is 0 Å². The number of hydrogen-bond acceptors (Lipinski definition) is 9. The van der Waals surface area contributed by atoms with Crippen LogP contribution in [-0.2, 0) is 19.1 Å². The molecule has 4 N–H and O–H groups in total. The molecule has 154 valence electrons. The number of para-hydroxylation sites is 2. The van der Waals surface area contributed by atoms with Crippen LogP contribution in [0.5, 0.6) is 11.5 Å². The Morgan fingerprint density at radius 3 is 2.57 bits per heavy atom. The van der Waals surface area contributed by atoms with E-state index >= 15 is 0 Å². The van der Waals surface area contributed by atoms with Crippen molar-refractivity contribution in [2.24, 2.45) is 5.73 Å². The number of hydrogen-bond donors (Lipinski definition) is 3. The van der Waals surface area contributed by atoms with Crippen molar-refractivity contribution in [2.75, 3.05) is 18.9 Å². The first-order valence-electron chi connectivity index (χ1n) is 8.33. The van der Waals surface area contributed by atoms with Crippen LogP contribution >= 0.6 is 18.9 Å². The Kier molecular flexibility index (Phi) is 11.2. The van der Waals surface area contributed by atoms with Gasteiger partial charge in [0.05, 0.1) is 6.61 Å². The number of carbonyl (C=O) groups excluding carboxylic acids is 2. The maximum Gasteiger partial charge on any atom is 0.336 e. The van der Waals surface area contributed by atoms with Gasteiger partial charge in [-0.2, -0.15) is 0 Å². The molecule has 0 aliphatic carbocycles. The number of benzene rings is 1. The quantitative estimate of drug-likeness (QED) is 0.196. The topological polar surface area (TPSA) is 137 Å². The van der Waals surface area contributed by atoms with Crippen molar-refractivity contribution in [2.45, 2.75) is 19.9 Å². The van der Waals surface area contributed by atoms with Crippen molar-refractivity contribution < 1.29 is 33.5 Å². The summed E-state index contributed by atoms with van der Waals surface area (Å²) in [7, 11) is -1.40. The molecule has 0 fully saturated rings. The molecule has 0 bridgehead atoms. The summed E-state index contributed by atoms with van der Waals surface area (Å²) in [5, 5.41) is 11.6. The lowest BCUT2D eigenvalue weighted by Gasteiger charge is -2.22. The normalized spacial score (nSPS) is 13.0. The zero-order valence-electron chi connectivity index (χ0n) is 15.5. The molecule has 0 heterocycles. The number of aliphatic carboxylic acids is 1. The van der Waals surface area contributed by atoms with E-state index in [1.54, 1.807) is 32.0 Å². The van der Waals surface area contributed by atoms with Crippen LogP contribution < -0.4 is 20.1 Å². The molecule has 0 aliphatic heterocycles. The summed E-state index contributed by atoms with van der Waals surface area (Å²) < 4.78 is 16.0. The summed E-state index contributed by atoms with van der Waals surface area (Å²) in [5.74, 6) is -1.57. The molecule has 0 saturated heterocycles. The van der Waals surface area contributed by atoms with Crippen LogP contribution in [0, 0.1) is 0 Å². The van der Waals surface area contributed by atoms with Gasteiger partial charge in [-0.3, -0.25) is 4.79 Å². The van der Waals surface area contributed by atoms with Crippen LogP contribution in [-0.4, -0.2) is 48.0 Å². The summed E-state index contributed by atoms with van der Waals surface area (Å²) in [6.07, 6.45) is 1.48. The second-order valence-corrected chi connectivity index (χ2v) is 8.50. The average Bonchev–Trinajstić information content (AvgIpc) is 2.66. The molecule has 0 unspecified atom stereocenters. The van der Waals surface area contributed by atoms with E-state index in [-0.39, 0.29) is 18.1 Å². The largest absolute Gasteiger partial charge is 0.478 e. The SMILES string of the molecule is CCOC(=O)[C@H](C)N[P@@](Oc1ccccc1OC(=O)/C=C/C(=O)O)SCCN. The van der Waals surface area contributed by atoms with Gasteiger partial charge in [-0.05, 0) is 26.0 Å². The molecule has 0 radical (unpaired) electrons. The van der Waals surface area contributed by atoms with E-state index < -0.39 is 31.5 Å². The molecule has 0 spiro atoms. The second-order valence-electron chi connectivity index (χ2n) is 5.11. The summed E-state index contributed by atoms with van der Waals surface area (Å²) in [6, 6.07) is 5.83. The number of rotatable bonds is 12. The minimum absolute atomic E-state index is 0.119. The standard InChI is InChI=1S/C17H23N2O7PS/c1-3-24-17(23)12(2)19-27(28-11-10-18)26-14-7-5-4-6-13(14)25-16(22)9-8-15(20)21/h4-9,12,19H,3,10-11,18H2,1-2H3,(H,20,21)/b9-8+/t12-,27-/m0/s1. The smallest absolute Gasteiger partial charge is 0.336 e. The first-order chi connectivity index (χ1) is 13.4. The van der Waals surface area contributed by atoms with Crippen molar-refractivity contribution in [3.05, 3.63) is 36.4 Å². The molecule has 2 atom stereocenters. The summed E-state index contributed by atoms with van der Waals surface area (Å²) >= 11 is 1.39. The van der Waals surface area contributed by atoms with E-state index in [4.69, 9.17) is 24.8 Å². The van der Waals surface area contributed by atoms with Crippen molar-refractivity contribution in [1.29, 1.82) is 0 Å². The van der Waals surface area contributed by atoms with E-state index in [9.17, 15) is 14.4 Å². The van der Waals surface area contributed by atoms with Gasteiger partial charge in [0, 0.05) is 24.4 Å². The first kappa shape index (κ1) is 23.9. The molecular weight excluding hydrogens is 407 g/mol. The Morgan fingerprint density at radius 1 is 1.29 bits per heavy atom. The van der Waals surface area contributed by atoms with Gasteiger partial charge in [0.1, 0.15) is 6.04 Å². The Bertz CT molecular complexity index is 702. The molecule has 0 saturated carbocycles. The fraction of sp³-hybridized carbons (Fsp3) is 0.353. The van der Waals surface area contributed by atoms with E-state index in [1.807, 2.05) is 0 Å². The highest BCUT2D eigenvalue weighted by Crippen LogP contribution is 2.49. The second kappa shape index (κ2) is 13.1. The van der Waals surface area contributed by atoms with Gasteiger partial charge in [-0.25, -0.2) is 14.7 Å². The highest BCUT2D eigenvalue weighted by Gasteiger charge is 2.22. The lowest BCUT2D eigenvalue weighted by Crippen LogP contribution is -2.32. The lowest BCUT2D eigenvalue weighted by molar-refractivity contribution is -0.144. The van der Waals surface area contributed by atoms with Crippen molar-refractivity contribution >= 4 is 36.8 Å². The summed E-state index contributed by atoms with van der Waals surface area (Å²) in [6.45, 7) is 4.06. The highest BCUT2D eigenvalue weighted by molar-refractivity contribution is 8.53. The van der Waals surface area contributed by atoms with Gasteiger partial charge in [0.15, 0.2) is 11.5 Å². The van der Waals surface area contributed by atoms with Crippen LogP contribution in [0.1, 0.15) is 13.8 Å². The van der Waals surface area contributed by atoms with Gasteiger partial charge in [-0.15, -0.1) is 0 Å². The molecule has 1 rings (SSSR count). The summed E-state index contributed by atoms with van der Waals surface area (Å²) in [5.41, 5.74) is 5.55. The molecular formula is C17H23N2O7PS. The van der Waals surface area contributed by atoms with E-state index in [1.165, 1.54) is 17.4 Å². The Labute approximate surface area is 168 Å². The Balaban J connectivity index is 2.88. The molecule has 0 aromatic heterocycles. The van der Waals surface area contributed by atoms with Crippen LogP contribution in [0.2, 0.25) is 0 Å². The van der Waals surface area contributed by atoms with Crippen molar-refractivity contribution in [1.82, 2.24) is 5.09 Å².